The topological polar surface area (TPSA) is 81.2 Å². The van der Waals surface area contributed by atoms with Crippen LogP contribution in [0.25, 0.3) is 11.1 Å². The molecule has 2 aromatic heterocycles. The van der Waals surface area contributed by atoms with Gasteiger partial charge in [-0.05, 0) is 39.3 Å². The molecule has 0 aliphatic heterocycles. The Morgan fingerprint density at radius 2 is 2.08 bits per heavy atom. The van der Waals surface area contributed by atoms with Gasteiger partial charge in [-0.1, -0.05) is 23.9 Å². The maximum atomic E-state index is 12.0. The van der Waals surface area contributed by atoms with E-state index in [2.05, 4.69) is 15.3 Å². The lowest BCUT2D eigenvalue weighted by atomic mass is 10.1. The van der Waals surface area contributed by atoms with E-state index in [1.807, 2.05) is 45.9 Å². The number of nitrogens with zero attached hydrogens (tertiary/aromatic N) is 2. The fourth-order valence-corrected chi connectivity index (χ4v) is 2.82. The molecule has 0 saturated carbocycles. The third-order valence-electron chi connectivity index (χ3n) is 3.19. The van der Waals surface area contributed by atoms with Crippen molar-refractivity contribution >= 4 is 28.8 Å². The number of aromatic nitrogens is 2. The number of thioether (sulfide) groups is 1. The number of hydrogen-bond donors (Lipinski definition) is 1. The Hall–Kier alpha value is -2.28. The van der Waals surface area contributed by atoms with Crippen molar-refractivity contribution in [1.82, 2.24) is 15.3 Å². The fraction of sp³-hybridized carbons (Fsp3) is 0.353. The quantitative estimate of drug-likeness (QED) is 0.721. The van der Waals surface area contributed by atoms with Gasteiger partial charge in [-0.3, -0.25) is 4.79 Å². The summed E-state index contributed by atoms with van der Waals surface area (Å²) in [6.07, 6.45) is 1.37. The number of benzene rings is 1. The average Bonchev–Trinajstić information content (AvgIpc) is 3.10. The number of carbonyl (C=O) groups is 1. The molecule has 0 aliphatic rings. The van der Waals surface area contributed by atoms with E-state index in [1.54, 1.807) is 0 Å². The van der Waals surface area contributed by atoms with Gasteiger partial charge in [0.15, 0.2) is 11.3 Å². The molecule has 1 N–H and O–H groups in total. The number of nitrogens with one attached hydrogen (secondary N) is 1. The molecule has 7 heteroatoms. The number of carbonyl (C=O) groups excluding carboxylic acids is 1. The highest BCUT2D eigenvalue weighted by Gasteiger charge is 2.19. The molecule has 6 nitrogen and oxygen atoms in total. The van der Waals surface area contributed by atoms with Crippen LogP contribution in [-0.4, -0.2) is 21.4 Å². The molecule has 3 aromatic rings. The Kier molecular flexibility index (Phi) is 4.36. The van der Waals surface area contributed by atoms with Crippen LogP contribution in [-0.2, 0) is 5.75 Å². The highest BCUT2D eigenvalue weighted by molar-refractivity contribution is 7.98. The van der Waals surface area contributed by atoms with E-state index in [4.69, 9.17) is 8.83 Å². The summed E-state index contributed by atoms with van der Waals surface area (Å²) in [5, 5.41) is 3.40. The zero-order chi connectivity index (χ0) is 17.3. The van der Waals surface area contributed by atoms with Crippen LogP contribution in [0.5, 0.6) is 0 Å². The molecule has 24 heavy (non-hydrogen) atoms. The predicted octanol–water partition coefficient (Wildman–Crippen LogP) is 3.94. The van der Waals surface area contributed by atoms with Gasteiger partial charge in [0.05, 0.1) is 5.75 Å². The average molecular weight is 345 g/mol. The molecule has 2 heterocycles. The Balaban J connectivity index is 1.66. The zero-order valence-electron chi connectivity index (χ0n) is 14.0. The molecule has 0 atom stereocenters. The summed E-state index contributed by atoms with van der Waals surface area (Å²) in [4.78, 5) is 20.7. The normalized spacial score (nSPS) is 11.8. The van der Waals surface area contributed by atoms with Crippen molar-refractivity contribution in [3.63, 3.8) is 0 Å². The second kappa shape index (κ2) is 6.32. The summed E-state index contributed by atoms with van der Waals surface area (Å²) < 4.78 is 11.1. The molecule has 1 amide bonds. The SMILES string of the molecule is Cc1cccc2oc(SCc3nc(C(=O)NC(C)(C)C)co3)nc12. The second-order valence-electron chi connectivity index (χ2n) is 6.52. The number of amides is 1. The van der Waals surface area contributed by atoms with Crippen molar-refractivity contribution in [3.8, 4) is 0 Å². The highest BCUT2D eigenvalue weighted by atomic mass is 32.2. The van der Waals surface area contributed by atoms with Crippen LogP contribution in [0.15, 0.2) is 38.5 Å². The number of fused-ring (bicyclic) bond motifs is 1. The molecule has 0 fully saturated rings. The first kappa shape index (κ1) is 16.6. The van der Waals surface area contributed by atoms with Crippen molar-refractivity contribution in [3.05, 3.63) is 41.6 Å². The molecule has 1 aromatic carbocycles. The lowest BCUT2D eigenvalue weighted by molar-refractivity contribution is 0.0914. The van der Waals surface area contributed by atoms with Crippen LogP contribution in [0.3, 0.4) is 0 Å². The largest absolute Gasteiger partial charge is 0.447 e. The van der Waals surface area contributed by atoms with Gasteiger partial charge in [-0.15, -0.1) is 0 Å². The van der Waals surface area contributed by atoms with E-state index < -0.39 is 0 Å². The van der Waals surface area contributed by atoms with Crippen molar-refractivity contribution in [2.24, 2.45) is 0 Å². The molecular formula is C17H19N3O3S. The second-order valence-corrected chi connectivity index (χ2v) is 7.45. The van der Waals surface area contributed by atoms with Crippen molar-refractivity contribution in [1.29, 1.82) is 0 Å². The third-order valence-corrected chi connectivity index (χ3v) is 4.01. The number of aryl methyl sites for hydroxylation is 1. The molecule has 126 valence electrons. The van der Waals surface area contributed by atoms with E-state index in [1.165, 1.54) is 18.0 Å². The molecular weight excluding hydrogens is 326 g/mol. The Morgan fingerprint density at radius 1 is 1.29 bits per heavy atom. The van der Waals surface area contributed by atoms with E-state index >= 15 is 0 Å². The monoisotopic (exact) mass is 345 g/mol. The Labute approximate surface area is 144 Å². The number of hydrogen-bond acceptors (Lipinski definition) is 6. The van der Waals surface area contributed by atoms with Crippen LogP contribution < -0.4 is 5.32 Å². The first-order chi connectivity index (χ1) is 11.3. The number of para-hydroxylation sites is 1. The number of rotatable bonds is 4. The predicted molar refractivity (Wildman–Crippen MR) is 92.0 cm³/mol. The zero-order valence-corrected chi connectivity index (χ0v) is 14.9. The van der Waals surface area contributed by atoms with Crippen LogP contribution in [0.4, 0.5) is 0 Å². The van der Waals surface area contributed by atoms with Crippen molar-refractivity contribution < 1.29 is 13.6 Å². The van der Waals surface area contributed by atoms with Gasteiger partial charge in [0.1, 0.15) is 11.8 Å². The van der Waals surface area contributed by atoms with Crippen molar-refractivity contribution in [2.75, 3.05) is 0 Å². The molecule has 0 radical (unpaired) electrons. The summed E-state index contributed by atoms with van der Waals surface area (Å²) in [6, 6.07) is 5.82. The molecule has 0 bridgehead atoms. The first-order valence-corrected chi connectivity index (χ1v) is 8.56. The maximum absolute atomic E-state index is 12.0. The fourth-order valence-electron chi connectivity index (χ4n) is 2.14. The van der Waals surface area contributed by atoms with Gasteiger partial charge in [-0.2, -0.15) is 0 Å². The number of oxazole rings is 2. The summed E-state index contributed by atoms with van der Waals surface area (Å²) in [6.45, 7) is 7.73. The van der Waals surface area contributed by atoms with Gasteiger partial charge in [0.2, 0.25) is 5.89 Å². The molecule has 0 unspecified atom stereocenters. The molecule has 0 spiro atoms. The lowest BCUT2D eigenvalue weighted by Crippen LogP contribution is -2.40. The van der Waals surface area contributed by atoms with Gasteiger partial charge >= 0.3 is 0 Å². The van der Waals surface area contributed by atoms with Crippen LogP contribution in [0.1, 0.15) is 42.7 Å². The molecule has 3 rings (SSSR count). The van der Waals surface area contributed by atoms with E-state index in [-0.39, 0.29) is 17.1 Å². The third kappa shape index (κ3) is 3.79. The van der Waals surface area contributed by atoms with E-state index in [0.29, 0.717) is 16.9 Å². The minimum atomic E-state index is -0.318. The molecule has 0 saturated heterocycles. The standard InChI is InChI=1S/C17H19N3O3S/c1-10-6-5-7-12-14(10)19-16(23-12)24-9-13-18-11(8-22-13)15(21)20-17(2,3)4/h5-8H,9H2,1-4H3,(H,20,21). The minimum Gasteiger partial charge on any atom is -0.447 e. The summed E-state index contributed by atoms with van der Waals surface area (Å²) in [5.41, 5.74) is 2.64. The molecule has 0 aliphatic carbocycles. The minimum absolute atomic E-state index is 0.250. The summed E-state index contributed by atoms with van der Waals surface area (Å²) >= 11 is 1.38. The van der Waals surface area contributed by atoms with Gasteiger partial charge < -0.3 is 14.2 Å². The van der Waals surface area contributed by atoms with Crippen LogP contribution in [0.2, 0.25) is 0 Å². The smallest absolute Gasteiger partial charge is 0.273 e. The van der Waals surface area contributed by atoms with Gasteiger partial charge in [0.25, 0.3) is 11.1 Å². The summed E-state index contributed by atoms with van der Waals surface area (Å²) in [7, 11) is 0. The highest BCUT2D eigenvalue weighted by Crippen LogP contribution is 2.27. The van der Waals surface area contributed by atoms with E-state index in [9.17, 15) is 4.79 Å². The van der Waals surface area contributed by atoms with Crippen molar-refractivity contribution in [2.45, 2.75) is 44.2 Å². The van der Waals surface area contributed by atoms with Gasteiger partial charge in [-0.25, -0.2) is 9.97 Å². The van der Waals surface area contributed by atoms with E-state index in [0.717, 1.165) is 16.7 Å². The first-order valence-electron chi connectivity index (χ1n) is 7.58. The lowest BCUT2D eigenvalue weighted by Gasteiger charge is -2.19. The Bertz CT molecular complexity index is 877. The summed E-state index contributed by atoms with van der Waals surface area (Å²) in [5.74, 6) is 0.646. The van der Waals surface area contributed by atoms with Crippen LogP contribution in [0, 0.1) is 6.92 Å². The Morgan fingerprint density at radius 3 is 2.79 bits per heavy atom. The van der Waals surface area contributed by atoms with Gasteiger partial charge in [0, 0.05) is 5.54 Å². The maximum Gasteiger partial charge on any atom is 0.273 e. The van der Waals surface area contributed by atoms with Crippen LogP contribution >= 0.6 is 11.8 Å².